The number of aldehydes is 1. The zero-order chi connectivity index (χ0) is 19.0. The van der Waals surface area contributed by atoms with Gasteiger partial charge in [-0.25, -0.2) is 0 Å². The van der Waals surface area contributed by atoms with E-state index in [-0.39, 0.29) is 40.0 Å². The molecule has 0 amide bonds. The third-order valence-corrected chi connectivity index (χ3v) is 8.94. The molecule has 1 saturated heterocycles. The summed E-state index contributed by atoms with van der Waals surface area (Å²) in [7, 11) is 0. The summed E-state index contributed by atoms with van der Waals surface area (Å²) >= 11 is 0. The van der Waals surface area contributed by atoms with Crippen molar-refractivity contribution in [2.75, 3.05) is 0 Å². The Balaban J connectivity index is 1.61. The molecule has 5 rings (SSSR count). The Hall–Kier alpha value is -1.71. The van der Waals surface area contributed by atoms with Crippen molar-refractivity contribution < 1.29 is 19.1 Å². The van der Waals surface area contributed by atoms with Gasteiger partial charge in [0.2, 0.25) is 0 Å². The van der Waals surface area contributed by atoms with E-state index >= 15 is 0 Å². The number of hydrogen-bond donors (Lipinski definition) is 0. The average Bonchev–Trinajstić information content (AvgIpc) is 3.16. The predicted molar refractivity (Wildman–Crippen MR) is 99.7 cm³/mol. The first-order valence-electron chi connectivity index (χ1n) is 10.4. The number of carbonyl (C=O) groups excluding carboxylic acids is 3. The molecule has 27 heavy (non-hydrogen) atoms. The highest BCUT2D eigenvalue weighted by Gasteiger charge is 2.66. The van der Waals surface area contributed by atoms with E-state index in [4.69, 9.17) is 4.74 Å². The standard InChI is InChI=1S/C23H28O4/c1-21-7-3-16(25)12-15(21)11-14(13-24)20-17(21)4-8-22(2)18(20)5-9-23(22)10-6-19(26)27-23/h4,12-14,18,20H,3,5-11H2,1-2H3/t14-,18-,20+,21-,22-,23+/m0/s1. The fourth-order valence-corrected chi connectivity index (χ4v) is 7.33. The largest absolute Gasteiger partial charge is 0.458 e. The van der Waals surface area contributed by atoms with Crippen molar-refractivity contribution in [1.82, 2.24) is 0 Å². The first-order valence-corrected chi connectivity index (χ1v) is 10.4. The summed E-state index contributed by atoms with van der Waals surface area (Å²) in [6.45, 7) is 4.56. The van der Waals surface area contributed by atoms with Gasteiger partial charge in [-0.1, -0.05) is 31.1 Å². The van der Waals surface area contributed by atoms with Crippen molar-refractivity contribution in [1.29, 1.82) is 0 Å². The van der Waals surface area contributed by atoms with Crippen LogP contribution in [0.3, 0.4) is 0 Å². The number of hydrogen-bond acceptors (Lipinski definition) is 4. The molecule has 1 spiro atoms. The van der Waals surface area contributed by atoms with Crippen LogP contribution in [0, 0.1) is 28.6 Å². The Morgan fingerprint density at radius 3 is 2.67 bits per heavy atom. The fraction of sp³-hybridized carbons (Fsp3) is 0.696. The first kappa shape index (κ1) is 17.4. The first-order chi connectivity index (χ1) is 12.8. The van der Waals surface area contributed by atoms with Crippen molar-refractivity contribution in [3.8, 4) is 0 Å². The zero-order valence-electron chi connectivity index (χ0n) is 16.3. The minimum absolute atomic E-state index is 0.0646. The molecule has 0 bridgehead atoms. The number of ether oxygens (including phenoxy) is 1. The van der Waals surface area contributed by atoms with Crippen LogP contribution in [0.1, 0.15) is 65.2 Å². The lowest BCUT2D eigenvalue weighted by molar-refractivity contribution is -0.161. The molecule has 0 aromatic heterocycles. The summed E-state index contributed by atoms with van der Waals surface area (Å²) in [5.74, 6) is 0.651. The van der Waals surface area contributed by atoms with Gasteiger partial charge in [0.05, 0.1) is 0 Å². The van der Waals surface area contributed by atoms with Gasteiger partial charge in [0.15, 0.2) is 5.78 Å². The molecule has 4 aliphatic carbocycles. The molecular weight excluding hydrogens is 340 g/mol. The molecule has 0 N–H and O–H groups in total. The summed E-state index contributed by atoms with van der Waals surface area (Å²) in [6, 6.07) is 0. The van der Waals surface area contributed by atoms with Gasteiger partial charge in [-0.15, -0.1) is 0 Å². The van der Waals surface area contributed by atoms with E-state index in [0.29, 0.717) is 25.2 Å². The smallest absolute Gasteiger partial charge is 0.306 e. The van der Waals surface area contributed by atoms with Crippen LogP contribution in [-0.2, 0) is 19.1 Å². The van der Waals surface area contributed by atoms with Crippen molar-refractivity contribution in [3.05, 3.63) is 23.3 Å². The Morgan fingerprint density at radius 2 is 1.96 bits per heavy atom. The second-order valence-electron chi connectivity index (χ2n) is 9.89. The quantitative estimate of drug-likeness (QED) is 0.400. The highest BCUT2D eigenvalue weighted by atomic mass is 16.6. The summed E-state index contributed by atoms with van der Waals surface area (Å²) in [4.78, 5) is 36.1. The summed E-state index contributed by atoms with van der Waals surface area (Å²) < 4.78 is 5.96. The van der Waals surface area contributed by atoms with Gasteiger partial charge in [-0.2, -0.15) is 0 Å². The third-order valence-electron chi connectivity index (χ3n) is 8.94. The van der Waals surface area contributed by atoms with Crippen LogP contribution in [0.5, 0.6) is 0 Å². The molecule has 0 radical (unpaired) electrons. The maximum Gasteiger partial charge on any atom is 0.306 e. The number of rotatable bonds is 1. The molecule has 144 valence electrons. The Bertz CT molecular complexity index is 807. The van der Waals surface area contributed by atoms with Crippen LogP contribution in [0.25, 0.3) is 0 Å². The lowest BCUT2D eigenvalue weighted by atomic mass is 9.48. The third kappa shape index (κ3) is 2.07. The molecular formula is C23H28O4. The number of fused-ring (bicyclic) bond motifs is 6. The van der Waals surface area contributed by atoms with Crippen molar-refractivity contribution in [2.24, 2.45) is 28.6 Å². The Morgan fingerprint density at radius 1 is 1.15 bits per heavy atom. The number of carbonyl (C=O) groups is 3. The second kappa shape index (κ2) is 5.42. The van der Waals surface area contributed by atoms with E-state index in [1.165, 1.54) is 5.57 Å². The zero-order valence-corrected chi connectivity index (χ0v) is 16.3. The van der Waals surface area contributed by atoms with Crippen LogP contribution in [0.2, 0.25) is 0 Å². The van der Waals surface area contributed by atoms with E-state index < -0.39 is 0 Å². The maximum atomic E-state index is 12.1. The minimum Gasteiger partial charge on any atom is -0.458 e. The monoisotopic (exact) mass is 368 g/mol. The molecule has 1 heterocycles. The summed E-state index contributed by atoms with van der Waals surface area (Å²) in [5.41, 5.74) is 2.03. The van der Waals surface area contributed by atoms with Gasteiger partial charge in [-0.05, 0) is 56.4 Å². The summed E-state index contributed by atoms with van der Waals surface area (Å²) in [6.07, 6.45) is 11.6. The molecule has 0 aromatic carbocycles. The lowest BCUT2D eigenvalue weighted by Crippen LogP contribution is -2.53. The van der Waals surface area contributed by atoms with Crippen LogP contribution in [-0.4, -0.2) is 23.6 Å². The van der Waals surface area contributed by atoms with E-state index in [9.17, 15) is 14.4 Å². The molecule has 0 aromatic rings. The molecule has 6 atom stereocenters. The van der Waals surface area contributed by atoms with Gasteiger partial charge in [-0.3, -0.25) is 9.59 Å². The van der Waals surface area contributed by atoms with E-state index in [1.807, 2.05) is 6.08 Å². The van der Waals surface area contributed by atoms with Gasteiger partial charge in [0.25, 0.3) is 0 Å². The fourth-order valence-electron chi connectivity index (χ4n) is 7.33. The highest BCUT2D eigenvalue weighted by molar-refractivity contribution is 5.92. The molecule has 5 aliphatic rings. The Kier molecular flexibility index (Phi) is 3.49. The molecule has 4 nitrogen and oxygen atoms in total. The van der Waals surface area contributed by atoms with Crippen LogP contribution in [0.15, 0.2) is 23.3 Å². The highest BCUT2D eigenvalue weighted by Crippen LogP contribution is 2.68. The SMILES string of the molecule is C[C@]12CCC(=O)C=C1C[C@@H](C=O)[C@@H]1C2=CC[C@@]2(C)[C@H]1CC[C@@]21CCC(=O)O1. The van der Waals surface area contributed by atoms with E-state index in [0.717, 1.165) is 44.0 Å². The summed E-state index contributed by atoms with van der Waals surface area (Å²) in [5, 5.41) is 0. The normalized spacial score (nSPS) is 48.3. The molecule has 3 fully saturated rings. The van der Waals surface area contributed by atoms with Gasteiger partial charge >= 0.3 is 5.97 Å². The molecule has 2 saturated carbocycles. The second-order valence-corrected chi connectivity index (χ2v) is 9.89. The maximum absolute atomic E-state index is 12.1. The van der Waals surface area contributed by atoms with E-state index in [2.05, 4.69) is 19.9 Å². The van der Waals surface area contributed by atoms with Crippen molar-refractivity contribution in [2.45, 2.75) is 70.8 Å². The topological polar surface area (TPSA) is 60.4 Å². The lowest BCUT2D eigenvalue weighted by Gasteiger charge is -2.56. The van der Waals surface area contributed by atoms with Crippen molar-refractivity contribution in [3.63, 3.8) is 0 Å². The number of esters is 1. The number of allylic oxidation sites excluding steroid dienone is 4. The van der Waals surface area contributed by atoms with Gasteiger partial charge in [0.1, 0.15) is 11.9 Å². The molecule has 4 heteroatoms. The van der Waals surface area contributed by atoms with Crippen LogP contribution in [0.4, 0.5) is 0 Å². The van der Waals surface area contributed by atoms with E-state index in [1.54, 1.807) is 0 Å². The Labute approximate surface area is 160 Å². The van der Waals surface area contributed by atoms with Crippen molar-refractivity contribution >= 4 is 18.0 Å². The predicted octanol–water partition coefficient (Wildman–Crippen LogP) is 3.94. The van der Waals surface area contributed by atoms with Gasteiger partial charge < -0.3 is 9.53 Å². The number of ketones is 1. The minimum atomic E-state index is -0.343. The van der Waals surface area contributed by atoms with Gasteiger partial charge in [0, 0.05) is 29.6 Å². The molecule has 0 unspecified atom stereocenters. The molecule has 1 aliphatic heterocycles. The average molecular weight is 368 g/mol. The van der Waals surface area contributed by atoms with Crippen LogP contribution >= 0.6 is 0 Å². The van der Waals surface area contributed by atoms with Crippen LogP contribution < -0.4 is 0 Å².